The van der Waals surface area contributed by atoms with Gasteiger partial charge in [0, 0.05) is 6.42 Å². The third-order valence-electron chi connectivity index (χ3n) is 1.98. The van der Waals surface area contributed by atoms with E-state index in [0.717, 1.165) is 6.42 Å². The van der Waals surface area contributed by atoms with E-state index >= 15 is 0 Å². The maximum absolute atomic E-state index is 10.9. The van der Waals surface area contributed by atoms with Crippen LogP contribution in [0.2, 0.25) is 0 Å². The number of rotatable bonds is 4. The van der Waals surface area contributed by atoms with Crippen LogP contribution in [0.25, 0.3) is 0 Å². The van der Waals surface area contributed by atoms with Crippen LogP contribution in [0, 0.1) is 5.41 Å². The molecule has 0 bridgehead atoms. The van der Waals surface area contributed by atoms with Crippen molar-refractivity contribution >= 4 is 5.78 Å². The van der Waals surface area contributed by atoms with Crippen molar-refractivity contribution in [2.45, 2.75) is 47.5 Å². The van der Waals surface area contributed by atoms with E-state index in [4.69, 9.17) is 0 Å². The fourth-order valence-corrected chi connectivity index (χ4v) is 1.59. The number of Topliss-reactive ketones (excluding diaryl/α,β-unsaturated/α-hetero) is 1. The predicted molar refractivity (Wildman–Crippen MR) is 53.1 cm³/mol. The van der Waals surface area contributed by atoms with Crippen molar-refractivity contribution < 1.29 is 4.79 Å². The first-order chi connectivity index (χ1) is 5.37. The zero-order chi connectivity index (χ0) is 9.78. The van der Waals surface area contributed by atoms with Crippen LogP contribution in [0.4, 0.5) is 0 Å². The second kappa shape index (κ2) is 4.44. The summed E-state index contributed by atoms with van der Waals surface area (Å²) >= 11 is 0. The van der Waals surface area contributed by atoms with Crippen LogP contribution in [0.1, 0.15) is 47.5 Å². The second-order valence-corrected chi connectivity index (χ2v) is 4.35. The molecule has 12 heavy (non-hydrogen) atoms. The first kappa shape index (κ1) is 11.4. The van der Waals surface area contributed by atoms with Gasteiger partial charge in [-0.3, -0.25) is 0 Å². The summed E-state index contributed by atoms with van der Waals surface area (Å²) in [6.07, 6.45) is 3.81. The molecule has 0 heterocycles. The zero-order valence-electron chi connectivity index (χ0n) is 8.90. The number of hydrogen-bond acceptors (Lipinski definition) is 1. The Hall–Kier alpha value is -0.590. The van der Waals surface area contributed by atoms with E-state index < -0.39 is 0 Å². The lowest BCUT2D eigenvalue weighted by atomic mass is 9.81. The molecule has 0 aromatic carbocycles. The molecule has 0 spiro atoms. The van der Waals surface area contributed by atoms with Crippen LogP contribution in [-0.4, -0.2) is 5.78 Å². The van der Waals surface area contributed by atoms with Crippen molar-refractivity contribution in [3.63, 3.8) is 0 Å². The summed E-state index contributed by atoms with van der Waals surface area (Å²) in [5.41, 5.74) is 1.49. The third kappa shape index (κ3) is 5.11. The van der Waals surface area contributed by atoms with Crippen molar-refractivity contribution in [1.82, 2.24) is 0 Å². The SMILES string of the molecule is CC=C(C)CC(C)(C)CC(C)=O. The number of carbonyl (C=O) groups excluding carboxylic acids is 1. The van der Waals surface area contributed by atoms with E-state index in [0.29, 0.717) is 6.42 Å². The minimum atomic E-state index is 0.127. The molecule has 0 aromatic rings. The molecule has 0 rings (SSSR count). The van der Waals surface area contributed by atoms with E-state index in [-0.39, 0.29) is 11.2 Å². The molecule has 0 amide bonds. The Labute approximate surface area is 75.9 Å². The summed E-state index contributed by atoms with van der Waals surface area (Å²) in [6.45, 7) is 10.1. The smallest absolute Gasteiger partial charge is 0.130 e. The van der Waals surface area contributed by atoms with Gasteiger partial charge in [0.25, 0.3) is 0 Å². The molecule has 70 valence electrons. The highest BCUT2D eigenvalue weighted by atomic mass is 16.1. The molecule has 1 nitrogen and oxygen atoms in total. The molecule has 0 saturated heterocycles. The molecule has 1 heteroatoms. The third-order valence-corrected chi connectivity index (χ3v) is 1.98. The van der Waals surface area contributed by atoms with Gasteiger partial charge in [0.15, 0.2) is 0 Å². The van der Waals surface area contributed by atoms with Gasteiger partial charge < -0.3 is 4.79 Å². The minimum Gasteiger partial charge on any atom is -0.300 e. The van der Waals surface area contributed by atoms with Gasteiger partial charge in [-0.15, -0.1) is 0 Å². The number of hydrogen-bond donors (Lipinski definition) is 0. The lowest BCUT2D eigenvalue weighted by Gasteiger charge is -2.23. The Balaban J connectivity index is 4.12. The lowest BCUT2D eigenvalue weighted by Crippen LogP contribution is -2.15. The van der Waals surface area contributed by atoms with Gasteiger partial charge in [0.2, 0.25) is 0 Å². The second-order valence-electron chi connectivity index (χ2n) is 4.35. The van der Waals surface area contributed by atoms with Gasteiger partial charge in [-0.2, -0.15) is 0 Å². The van der Waals surface area contributed by atoms with Crippen molar-refractivity contribution in [2.75, 3.05) is 0 Å². The molecule has 0 aliphatic carbocycles. The molecule has 0 N–H and O–H groups in total. The first-order valence-electron chi connectivity index (χ1n) is 4.48. The first-order valence-corrected chi connectivity index (χ1v) is 4.48. The van der Waals surface area contributed by atoms with Gasteiger partial charge in [0.05, 0.1) is 0 Å². The van der Waals surface area contributed by atoms with Crippen molar-refractivity contribution in [1.29, 1.82) is 0 Å². The number of ketones is 1. The summed E-state index contributed by atoms with van der Waals surface area (Å²) in [4.78, 5) is 10.9. The normalized spacial score (nSPS) is 13.2. The van der Waals surface area contributed by atoms with E-state index in [1.807, 2.05) is 6.92 Å². The molecule has 0 aromatic heterocycles. The van der Waals surface area contributed by atoms with Crippen LogP contribution in [0.5, 0.6) is 0 Å². The molecule has 0 aliphatic rings. The Morgan fingerprint density at radius 2 is 1.75 bits per heavy atom. The summed E-state index contributed by atoms with van der Waals surface area (Å²) in [5, 5.41) is 0. The quantitative estimate of drug-likeness (QED) is 0.588. The average Bonchev–Trinajstić information content (AvgIpc) is 1.83. The Bertz CT molecular complexity index is 187. The highest BCUT2D eigenvalue weighted by Crippen LogP contribution is 2.28. The van der Waals surface area contributed by atoms with Crippen LogP contribution >= 0.6 is 0 Å². The van der Waals surface area contributed by atoms with Gasteiger partial charge >= 0.3 is 0 Å². The summed E-state index contributed by atoms with van der Waals surface area (Å²) in [6, 6.07) is 0. The number of carbonyl (C=O) groups is 1. The van der Waals surface area contributed by atoms with Crippen molar-refractivity contribution in [3.8, 4) is 0 Å². The number of allylic oxidation sites excluding steroid dienone is 2. The van der Waals surface area contributed by atoms with Gasteiger partial charge in [-0.1, -0.05) is 25.5 Å². The summed E-state index contributed by atoms with van der Waals surface area (Å²) < 4.78 is 0. The highest BCUT2D eigenvalue weighted by Gasteiger charge is 2.19. The fourth-order valence-electron chi connectivity index (χ4n) is 1.59. The molecular formula is C11H20O. The summed E-state index contributed by atoms with van der Waals surface area (Å²) in [7, 11) is 0. The molecule has 0 aliphatic heterocycles. The molecule has 0 atom stereocenters. The topological polar surface area (TPSA) is 17.1 Å². The lowest BCUT2D eigenvalue weighted by molar-refractivity contribution is -0.118. The minimum absolute atomic E-state index is 0.127. The zero-order valence-corrected chi connectivity index (χ0v) is 8.90. The van der Waals surface area contributed by atoms with Crippen LogP contribution < -0.4 is 0 Å². The van der Waals surface area contributed by atoms with E-state index in [1.54, 1.807) is 6.92 Å². The van der Waals surface area contributed by atoms with E-state index in [9.17, 15) is 4.79 Å². The van der Waals surface area contributed by atoms with Crippen molar-refractivity contribution in [2.24, 2.45) is 5.41 Å². The average molecular weight is 168 g/mol. The Morgan fingerprint density at radius 1 is 1.25 bits per heavy atom. The van der Waals surface area contributed by atoms with Gasteiger partial charge in [-0.05, 0) is 32.6 Å². The molecule has 0 unspecified atom stereocenters. The monoisotopic (exact) mass is 168 g/mol. The van der Waals surface area contributed by atoms with Crippen LogP contribution in [0.3, 0.4) is 0 Å². The molecular weight excluding hydrogens is 148 g/mol. The van der Waals surface area contributed by atoms with Crippen molar-refractivity contribution in [3.05, 3.63) is 11.6 Å². The summed E-state index contributed by atoms with van der Waals surface area (Å²) in [5.74, 6) is 0.281. The maximum atomic E-state index is 10.9. The molecule has 0 fully saturated rings. The predicted octanol–water partition coefficient (Wildman–Crippen LogP) is 3.35. The standard InChI is InChI=1S/C11H20O/c1-6-9(2)7-11(4,5)8-10(3)12/h6H,7-8H2,1-5H3. The Morgan fingerprint density at radius 3 is 2.08 bits per heavy atom. The van der Waals surface area contributed by atoms with Gasteiger partial charge in [-0.25, -0.2) is 0 Å². The molecule has 0 radical (unpaired) electrons. The van der Waals surface area contributed by atoms with Crippen LogP contribution in [-0.2, 0) is 4.79 Å². The van der Waals surface area contributed by atoms with Crippen LogP contribution in [0.15, 0.2) is 11.6 Å². The fraction of sp³-hybridized carbons (Fsp3) is 0.727. The largest absolute Gasteiger partial charge is 0.300 e. The Kier molecular flexibility index (Phi) is 4.22. The highest BCUT2D eigenvalue weighted by molar-refractivity contribution is 5.76. The molecule has 0 saturated carbocycles. The maximum Gasteiger partial charge on any atom is 0.130 e. The van der Waals surface area contributed by atoms with Gasteiger partial charge in [0.1, 0.15) is 5.78 Å². The van der Waals surface area contributed by atoms with E-state index in [1.165, 1.54) is 5.57 Å². The van der Waals surface area contributed by atoms with E-state index in [2.05, 4.69) is 26.8 Å².